The monoisotopic (exact) mass is 343 g/mol. The molecule has 0 saturated carbocycles. The van der Waals surface area contributed by atoms with Crippen LogP contribution in [-0.4, -0.2) is 21.2 Å². The van der Waals surface area contributed by atoms with Crippen LogP contribution >= 0.6 is 15.9 Å². The van der Waals surface area contributed by atoms with Gasteiger partial charge in [0, 0.05) is 15.4 Å². The van der Waals surface area contributed by atoms with Gasteiger partial charge in [0.05, 0.1) is 16.8 Å². The number of benzene rings is 2. The zero-order valence-corrected chi connectivity index (χ0v) is 12.3. The number of phenolic OH excluding ortho intramolecular Hbond substituents is 1. The minimum atomic E-state index is -1.01. The van der Waals surface area contributed by atoms with E-state index in [1.807, 2.05) is 6.07 Å². The molecule has 1 aromatic heterocycles. The maximum atomic E-state index is 11.5. The lowest BCUT2D eigenvalue weighted by Crippen LogP contribution is -2.00. The van der Waals surface area contributed by atoms with E-state index in [1.165, 1.54) is 6.07 Å². The Balaban J connectivity index is 2.35. The fourth-order valence-corrected chi connectivity index (χ4v) is 2.66. The van der Waals surface area contributed by atoms with Crippen molar-refractivity contribution in [1.29, 1.82) is 0 Å². The van der Waals surface area contributed by atoms with Crippen LogP contribution in [0.1, 0.15) is 10.4 Å². The van der Waals surface area contributed by atoms with Gasteiger partial charge in [-0.25, -0.2) is 9.78 Å². The third-order valence-corrected chi connectivity index (χ3v) is 3.80. The lowest BCUT2D eigenvalue weighted by Gasteiger charge is -2.08. The Morgan fingerprint density at radius 2 is 1.86 bits per heavy atom. The molecule has 0 atom stereocenters. The average Bonchev–Trinajstić information content (AvgIpc) is 2.46. The Morgan fingerprint density at radius 3 is 2.57 bits per heavy atom. The zero-order valence-electron chi connectivity index (χ0n) is 10.7. The summed E-state index contributed by atoms with van der Waals surface area (Å²) in [7, 11) is 0. The number of nitrogens with zero attached hydrogens (tertiary/aromatic N) is 1. The molecule has 0 unspecified atom stereocenters. The van der Waals surface area contributed by atoms with Gasteiger partial charge in [-0.1, -0.05) is 24.3 Å². The highest BCUT2D eigenvalue weighted by Crippen LogP contribution is 2.30. The Bertz CT molecular complexity index is 861. The van der Waals surface area contributed by atoms with E-state index >= 15 is 0 Å². The molecule has 2 N–H and O–H groups in total. The van der Waals surface area contributed by atoms with Crippen molar-refractivity contribution < 1.29 is 15.0 Å². The Hall–Kier alpha value is -2.40. The molecule has 0 bridgehead atoms. The summed E-state index contributed by atoms with van der Waals surface area (Å²) in [5, 5.41) is 19.5. The number of aromatic hydroxyl groups is 1. The van der Waals surface area contributed by atoms with Gasteiger partial charge >= 0.3 is 5.97 Å². The summed E-state index contributed by atoms with van der Waals surface area (Å²) in [6, 6.07) is 13.4. The van der Waals surface area contributed by atoms with Crippen LogP contribution in [0.5, 0.6) is 5.75 Å². The van der Waals surface area contributed by atoms with E-state index in [-0.39, 0.29) is 11.3 Å². The normalized spacial score (nSPS) is 10.7. The first-order chi connectivity index (χ1) is 10.1. The van der Waals surface area contributed by atoms with Crippen molar-refractivity contribution in [3.63, 3.8) is 0 Å². The number of hydrogen-bond donors (Lipinski definition) is 2. The molecule has 2 aromatic carbocycles. The molecule has 0 aliphatic rings. The molecular weight excluding hydrogens is 334 g/mol. The summed E-state index contributed by atoms with van der Waals surface area (Å²) in [5.74, 6) is -0.902. The van der Waals surface area contributed by atoms with Crippen LogP contribution in [0, 0.1) is 0 Å². The van der Waals surface area contributed by atoms with E-state index in [0.717, 1.165) is 4.47 Å². The van der Waals surface area contributed by atoms with Crippen LogP contribution in [0.25, 0.3) is 22.2 Å². The molecule has 3 rings (SSSR count). The summed E-state index contributed by atoms with van der Waals surface area (Å²) in [6.45, 7) is 0. The highest BCUT2D eigenvalue weighted by molar-refractivity contribution is 9.10. The second-order valence-corrected chi connectivity index (χ2v) is 5.40. The van der Waals surface area contributed by atoms with Gasteiger partial charge in [0.25, 0.3) is 0 Å². The number of aromatic carboxylic acids is 1. The van der Waals surface area contributed by atoms with Crippen molar-refractivity contribution in [1.82, 2.24) is 4.98 Å². The molecule has 3 aromatic rings. The molecule has 1 heterocycles. The van der Waals surface area contributed by atoms with Crippen LogP contribution < -0.4 is 0 Å². The molecule has 4 nitrogen and oxygen atoms in total. The highest BCUT2D eigenvalue weighted by Gasteiger charge is 2.14. The molecule has 0 amide bonds. The summed E-state index contributed by atoms with van der Waals surface area (Å²) in [5.41, 5.74) is 1.92. The third kappa shape index (κ3) is 2.48. The number of pyridine rings is 1. The molecule has 0 fully saturated rings. The molecule has 0 aliphatic carbocycles. The maximum Gasteiger partial charge on any atom is 0.336 e. The minimum Gasteiger partial charge on any atom is -0.508 e. The van der Waals surface area contributed by atoms with Crippen molar-refractivity contribution in [3.05, 3.63) is 58.6 Å². The first kappa shape index (κ1) is 13.6. The van der Waals surface area contributed by atoms with E-state index in [1.54, 1.807) is 36.4 Å². The van der Waals surface area contributed by atoms with E-state index in [4.69, 9.17) is 0 Å². The van der Waals surface area contributed by atoms with Gasteiger partial charge in [-0.2, -0.15) is 0 Å². The van der Waals surface area contributed by atoms with Gasteiger partial charge in [0.2, 0.25) is 0 Å². The van der Waals surface area contributed by atoms with Crippen LogP contribution in [-0.2, 0) is 0 Å². The van der Waals surface area contributed by atoms with Crippen LogP contribution in [0.15, 0.2) is 53.0 Å². The van der Waals surface area contributed by atoms with Gasteiger partial charge in [-0.05, 0) is 40.2 Å². The fourth-order valence-electron chi connectivity index (χ4n) is 2.20. The number of aromatic nitrogens is 1. The number of rotatable bonds is 2. The standard InChI is InChI=1S/C16H10BrNO3/c17-13-6-2-5-11-12(16(20)21)8-14(18-15(11)13)9-3-1-4-10(19)7-9/h1-8,19H,(H,20,21). The van der Waals surface area contributed by atoms with E-state index in [9.17, 15) is 15.0 Å². The predicted molar refractivity (Wildman–Crippen MR) is 83.5 cm³/mol. The Morgan fingerprint density at radius 1 is 1.10 bits per heavy atom. The number of hydrogen-bond acceptors (Lipinski definition) is 3. The molecule has 0 spiro atoms. The molecule has 104 valence electrons. The van der Waals surface area contributed by atoms with Crippen LogP contribution in [0.2, 0.25) is 0 Å². The van der Waals surface area contributed by atoms with Gasteiger partial charge < -0.3 is 10.2 Å². The van der Waals surface area contributed by atoms with E-state index in [2.05, 4.69) is 20.9 Å². The van der Waals surface area contributed by atoms with Crippen molar-refractivity contribution in [2.45, 2.75) is 0 Å². The smallest absolute Gasteiger partial charge is 0.336 e. The van der Waals surface area contributed by atoms with E-state index < -0.39 is 5.97 Å². The molecular formula is C16H10BrNO3. The highest BCUT2D eigenvalue weighted by atomic mass is 79.9. The number of phenols is 1. The Kier molecular flexibility index (Phi) is 3.35. The van der Waals surface area contributed by atoms with Gasteiger partial charge in [0.1, 0.15) is 5.75 Å². The summed E-state index contributed by atoms with van der Waals surface area (Å²) in [4.78, 5) is 16.0. The number of para-hydroxylation sites is 1. The van der Waals surface area contributed by atoms with Gasteiger partial charge in [0.15, 0.2) is 0 Å². The second kappa shape index (κ2) is 5.18. The lowest BCUT2D eigenvalue weighted by atomic mass is 10.0. The second-order valence-electron chi connectivity index (χ2n) is 4.55. The number of carboxylic acids is 1. The quantitative estimate of drug-likeness (QED) is 0.735. The number of fused-ring (bicyclic) bond motifs is 1. The fraction of sp³-hybridized carbons (Fsp3) is 0. The SMILES string of the molecule is O=C(O)c1cc(-c2cccc(O)c2)nc2c(Br)cccc12. The molecule has 21 heavy (non-hydrogen) atoms. The van der Waals surface area contributed by atoms with E-state index in [0.29, 0.717) is 22.2 Å². The number of carboxylic acid groups (broad SMARTS) is 1. The van der Waals surface area contributed by atoms with Gasteiger partial charge in [-0.3, -0.25) is 0 Å². The first-order valence-corrected chi connectivity index (χ1v) is 6.97. The van der Waals surface area contributed by atoms with Crippen molar-refractivity contribution in [2.24, 2.45) is 0 Å². The number of carbonyl (C=O) groups is 1. The maximum absolute atomic E-state index is 11.5. The van der Waals surface area contributed by atoms with Crippen molar-refractivity contribution >= 4 is 32.8 Å². The molecule has 0 saturated heterocycles. The third-order valence-electron chi connectivity index (χ3n) is 3.16. The average molecular weight is 344 g/mol. The van der Waals surface area contributed by atoms with Crippen LogP contribution in [0.4, 0.5) is 0 Å². The summed E-state index contributed by atoms with van der Waals surface area (Å²) >= 11 is 3.40. The van der Waals surface area contributed by atoms with Gasteiger partial charge in [-0.15, -0.1) is 0 Å². The number of halogens is 1. The summed E-state index contributed by atoms with van der Waals surface area (Å²) in [6.07, 6.45) is 0. The first-order valence-electron chi connectivity index (χ1n) is 6.18. The predicted octanol–water partition coefficient (Wildman–Crippen LogP) is 4.07. The largest absolute Gasteiger partial charge is 0.508 e. The molecule has 0 aliphatic heterocycles. The summed E-state index contributed by atoms with van der Waals surface area (Å²) < 4.78 is 0.726. The van der Waals surface area contributed by atoms with Crippen molar-refractivity contribution in [2.75, 3.05) is 0 Å². The van der Waals surface area contributed by atoms with Crippen LogP contribution in [0.3, 0.4) is 0 Å². The lowest BCUT2D eigenvalue weighted by molar-refractivity contribution is 0.0699. The van der Waals surface area contributed by atoms with Crippen molar-refractivity contribution in [3.8, 4) is 17.0 Å². The molecule has 0 radical (unpaired) electrons. The Labute approximate surface area is 128 Å². The zero-order chi connectivity index (χ0) is 15.0. The topological polar surface area (TPSA) is 70.4 Å². The minimum absolute atomic E-state index is 0.110. The molecule has 5 heteroatoms.